The first kappa shape index (κ1) is 19.2. The summed E-state index contributed by atoms with van der Waals surface area (Å²) in [6, 6.07) is 10.2. The maximum absolute atomic E-state index is 12.2. The molecule has 3 rings (SSSR count). The lowest BCUT2D eigenvalue weighted by atomic mass is 10.2. The molecule has 2 N–H and O–H groups in total. The zero-order valence-electron chi connectivity index (χ0n) is 15.8. The first-order valence-electron chi connectivity index (χ1n) is 8.94. The minimum Gasteiger partial charge on any atom is -0.351 e. The molecule has 1 amide bonds. The summed E-state index contributed by atoms with van der Waals surface area (Å²) in [7, 11) is 0. The zero-order valence-corrected chi connectivity index (χ0v) is 16.6. The van der Waals surface area contributed by atoms with Crippen LogP contribution >= 0.6 is 11.8 Å². The Bertz CT molecular complexity index is 902. The van der Waals surface area contributed by atoms with E-state index in [0.29, 0.717) is 11.7 Å². The van der Waals surface area contributed by atoms with Crippen molar-refractivity contribution in [1.29, 1.82) is 0 Å². The fourth-order valence-corrected chi connectivity index (χ4v) is 3.42. The predicted octanol–water partition coefficient (Wildman–Crippen LogP) is 2.64. The smallest absolute Gasteiger partial charge is 0.230 e. The molecule has 142 valence electrons. The minimum absolute atomic E-state index is 0.0440. The second kappa shape index (κ2) is 8.85. The Morgan fingerprint density at radius 2 is 2.04 bits per heavy atom. The summed E-state index contributed by atoms with van der Waals surface area (Å²) in [6.45, 7) is 7.22. The molecule has 0 radical (unpaired) electrons. The van der Waals surface area contributed by atoms with Crippen molar-refractivity contribution in [3.8, 4) is 0 Å². The molecule has 0 fully saturated rings. The number of amides is 1. The molecule has 2 aromatic heterocycles. The Kier molecular flexibility index (Phi) is 6.28. The van der Waals surface area contributed by atoms with Crippen LogP contribution in [0.5, 0.6) is 0 Å². The lowest BCUT2D eigenvalue weighted by Gasteiger charge is -2.07. The van der Waals surface area contributed by atoms with E-state index < -0.39 is 0 Å². The number of aryl methyl sites for hydroxylation is 2. The molecule has 0 aliphatic rings. The molecule has 0 aliphatic carbocycles. The molecule has 0 saturated heterocycles. The highest BCUT2D eigenvalue weighted by Crippen LogP contribution is 2.15. The Balaban J connectivity index is 1.55. The summed E-state index contributed by atoms with van der Waals surface area (Å²) >= 11 is 1.33. The van der Waals surface area contributed by atoms with E-state index in [9.17, 15) is 4.79 Å². The van der Waals surface area contributed by atoms with E-state index in [4.69, 9.17) is 0 Å². The van der Waals surface area contributed by atoms with Crippen LogP contribution in [0.25, 0.3) is 0 Å². The van der Waals surface area contributed by atoms with Gasteiger partial charge in [-0.2, -0.15) is 5.10 Å². The highest BCUT2D eigenvalue weighted by molar-refractivity contribution is 7.99. The number of aromatic amines is 1. The van der Waals surface area contributed by atoms with Crippen LogP contribution in [0.3, 0.4) is 0 Å². The summed E-state index contributed by atoms with van der Waals surface area (Å²) in [5.41, 5.74) is 4.28. The number of rotatable bonds is 8. The number of carbonyl (C=O) groups excluding carboxylic acids is 1. The Morgan fingerprint density at radius 3 is 2.74 bits per heavy atom. The third kappa shape index (κ3) is 4.97. The summed E-state index contributed by atoms with van der Waals surface area (Å²) in [5.74, 6) is 1.07. The quantitative estimate of drug-likeness (QED) is 0.583. The van der Waals surface area contributed by atoms with Gasteiger partial charge < -0.3 is 5.32 Å². The van der Waals surface area contributed by atoms with Crippen molar-refractivity contribution in [2.24, 2.45) is 0 Å². The highest BCUT2D eigenvalue weighted by Gasteiger charge is 2.13. The van der Waals surface area contributed by atoms with Gasteiger partial charge in [0.15, 0.2) is 0 Å². The summed E-state index contributed by atoms with van der Waals surface area (Å²) in [4.78, 5) is 16.5. The number of H-pyrrole nitrogens is 1. The van der Waals surface area contributed by atoms with Gasteiger partial charge in [-0.25, -0.2) is 4.98 Å². The molecule has 2 heterocycles. The number of nitrogens with zero attached hydrogens (tertiary/aromatic N) is 4. The third-order valence-electron chi connectivity index (χ3n) is 4.35. The van der Waals surface area contributed by atoms with Gasteiger partial charge in [-0.15, -0.1) is 5.10 Å². The van der Waals surface area contributed by atoms with Crippen molar-refractivity contribution in [2.45, 2.75) is 45.4 Å². The Morgan fingerprint density at radius 1 is 1.26 bits per heavy atom. The topological polar surface area (TPSA) is 88.5 Å². The number of aromatic nitrogens is 5. The normalized spacial score (nSPS) is 10.9. The molecule has 0 saturated carbocycles. The maximum atomic E-state index is 12.2. The van der Waals surface area contributed by atoms with E-state index >= 15 is 0 Å². The first-order chi connectivity index (χ1) is 13.1. The fraction of sp³-hybridized carbons (Fsp3) is 0.368. The molecule has 0 spiro atoms. The van der Waals surface area contributed by atoms with Gasteiger partial charge in [0.2, 0.25) is 11.1 Å². The SMILES string of the molecule is CCc1nc(SCC(=O)NCc2c(C)nn(Cc3ccccc3)c2C)n[nH]1. The number of carbonyl (C=O) groups is 1. The minimum atomic E-state index is -0.0440. The fourth-order valence-electron chi connectivity index (χ4n) is 2.77. The molecule has 0 aliphatic heterocycles. The molecule has 27 heavy (non-hydrogen) atoms. The highest BCUT2D eigenvalue weighted by atomic mass is 32.2. The molecule has 0 atom stereocenters. The number of hydrogen-bond acceptors (Lipinski definition) is 5. The molecule has 0 unspecified atom stereocenters. The van der Waals surface area contributed by atoms with Gasteiger partial charge in [0.05, 0.1) is 18.0 Å². The number of nitrogens with one attached hydrogen (secondary N) is 2. The lowest BCUT2D eigenvalue weighted by molar-refractivity contribution is -0.118. The van der Waals surface area contributed by atoms with E-state index in [1.165, 1.54) is 17.3 Å². The van der Waals surface area contributed by atoms with Crippen molar-refractivity contribution < 1.29 is 4.79 Å². The van der Waals surface area contributed by atoms with Gasteiger partial charge in [-0.05, 0) is 19.4 Å². The molecular formula is C19H24N6OS. The van der Waals surface area contributed by atoms with Gasteiger partial charge in [-0.3, -0.25) is 14.6 Å². The second-order valence-corrected chi connectivity index (χ2v) is 7.22. The van der Waals surface area contributed by atoms with Crippen molar-refractivity contribution in [3.63, 3.8) is 0 Å². The van der Waals surface area contributed by atoms with Crippen LogP contribution in [0.15, 0.2) is 35.5 Å². The molecule has 7 nitrogen and oxygen atoms in total. The van der Waals surface area contributed by atoms with Gasteiger partial charge in [0.25, 0.3) is 0 Å². The van der Waals surface area contributed by atoms with Crippen molar-refractivity contribution in [2.75, 3.05) is 5.75 Å². The van der Waals surface area contributed by atoms with Gasteiger partial charge in [0, 0.05) is 24.2 Å². The Hall–Kier alpha value is -2.61. The maximum Gasteiger partial charge on any atom is 0.230 e. The zero-order chi connectivity index (χ0) is 19.2. The number of thioether (sulfide) groups is 1. The van der Waals surface area contributed by atoms with E-state index in [0.717, 1.165) is 35.7 Å². The van der Waals surface area contributed by atoms with Gasteiger partial charge >= 0.3 is 0 Å². The van der Waals surface area contributed by atoms with Crippen LogP contribution in [-0.4, -0.2) is 36.6 Å². The Labute approximate surface area is 163 Å². The monoisotopic (exact) mass is 384 g/mol. The average Bonchev–Trinajstić information content (AvgIpc) is 3.24. The van der Waals surface area contributed by atoms with Crippen LogP contribution in [-0.2, 0) is 24.3 Å². The van der Waals surface area contributed by atoms with E-state index in [1.807, 2.05) is 43.7 Å². The van der Waals surface area contributed by atoms with E-state index in [-0.39, 0.29) is 11.7 Å². The standard InChI is InChI=1S/C19H24N6OS/c1-4-17-21-19(23-22-17)27-12-18(26)20-10-16-13(2)24-25(14(16)3)11-15-8-6-5-7-9-15/h5-9H,4,10-12H2,1-3H3,(H,20,26)(H,21,22,23). The molecule has 3 aromatic rings. The van der Waals surface area contributed by atoms with Crippen LogP contribution < -0.4 is 5.32 Å². The van der Waals surface area contributed by atoms with E-state index in [2.05, 4.69) is 37.7 Å². The summed E-state index contributed by atoms with van der Waals surface area (Å²) in [5, 5.41) is 15.1. The van der Waals surface area contributed by atoms with Crippen molar-refractivity contribution in [1.82, 2.24) is 30.3 Å². The average molecular weight is 385 g/mol. The largest absolute Gasteiger partial charge is 0.351 e. The van der Waals surface area contributed by atoms with Gasteiger partial charge in [-0.1, -0.05) is 49.0 Å². The molecule has 0 bridgehead atoms. The van der Waals surface area contributed by atoms with Crippen LogP contribution in [0.1, 0.15) is 35.3 Å². The van der Waals surface area contributed by atoms with Crippen molar-refractivity contribution in [3.05, 3.63) is 58.7 Å². The summed E-state index contributed by atoms with van der Waals surface area (Å²) in [6.07, 6.45) is 0.797. The van der Waals surface area contributed by atoms with Crippen LogP contribution in [0, 0.1) is 13.8 Å². The molecular weight excluding hydrogens is 360 g/mol. The van der Waals surface area contributed by atoms with Crippen LogP contribution in [0.2, 0.25) is 0 Å². The summed E-state index contributed by atoms with van der Waals surface area (Å²) < 4.78 is 1.99. The van der Waals surface area contributed by atoms with Crippen molar-refractivity contribution >= 4 is 17.7 Å². The van der Waals surface area contributed by atoms with Gasteiger partial charge in [0.1, 0.15) is 5.82 Å². The second-order valence-electron chi connectivity index (χ2n) is 6.28. The lowest BCUT2D eigenvalue weighted by Crippen LogP contribution is -2.25. The van der Waals surface area contributed by atoms with Crippen LogP contribution in [0.4, 0.5) is 0 Å². The molecule has 8 heteroatoms. The third-order valence-corrected chi connectivity index (χ3v) is 5.19. The van der Waals surface area contributed by atoms with E-state index in [1.54, 1.807) is 0 Å². The number of hydrogen-bond donors (Lipinski definition) is 2. The predicted molar refractivity (Wildman–Crippen MR) is 106 cm³/mol. The number of benzene rings is 1. The first-order valence-corrected chi connectivity index (χ1v) is 9.93. The molecule has 1 aromatic carbocycles.